The summed E-state index contributed by atoms with van der Waals surface area (Å²) < 4.78 is 57.9. The lowest BCUT2D eigenvalue weighted by Crippen LogP contribution is -2.46. The van der Waals surface area contributed by atoms with Gasteiger partial charge in [-0.2, -0.15) is 13.2 Å². The van der Waals surface area contributed by atoms with Crippen LogP contribution in [0.4, 0.5) is 18.9 Å². The van der Waals surface area contributed by atoms with Crippen molar-refractivity contribution in [1.82, 2.24) is 4.98 Å². The zero-order valence-corrected chi connectivity index (χ0v) is 25.3. The van der Waals surface area contributed by atoms with E-state index in [1.807, 2.05) is 0 Å². The van der Waals surface area contributed by atoms with Crippen molar-refractivity contribution < 1.29 is 41.8 Å². The summed E-state index contributed by atoms with van der Waals surface area (Å²) in [6.45, 7) is 3.17. The minimum absolute atomic E-state index is 0.00265. The predicted octanol–water partition coefficient (Wildman–Crippen LogP) is 5.64. The van der Waals surface area contributed by atoms with Crippen molar-refractivity contribution in [2.45, 2.75) is 38.3 Å². The topological polar surface area (TPSA) is 121 Å². The van der Waals surface area contributed by atoms with Crippen LogP contribution in [0.25, 0.3) is 0 Å². The molecule has 0 saturated carbocycles. The largest absolute Gasteiger partial charge is 0.497 e. The van der Waals surface area contributed by atoms with Crippen LogP contribution in [0, 0.1) is 5.92 Å². The highest BCUT2D eigenvalue weighted by atomic mass is 19.4. The molecule has 2 aliphatic rings. The summed E-state index contributed by atoms with van der Waals surface area (Å²) in [7, 11) is 1.48. The highest BCUT2D eigenvalue weighted by Crippen LogP contribution is 2.52. The fourth-order valence-electron chi connectivity index (χ4n) is 6.12. The number of halogens is 3. The highest BCUT2D eigenvalue weighted by molar-refractivity contribution is 6.14. The molecule has 2 aromatic carbocycles. The predicted molar refractivity (Wildman–Crippen MR) is 161 cm³/mol. The molecule has 0 amide bonds. The van der Waals surface area contributed by atoms with Gasteiger partial charge < -0.3 is 19.9 Å². The number of ketones is 1. The zero-order chi connectivity index (χ0) is 33.2. The summed E-state index contributed by atoms with van der Waals surface area (Å²) in [5.41, 5.74) is 6.81. The highest BCUT2D eigenvalue weighted by Gasteiger charge is 2.51. The Labute approximate surface area is 263 Å². The number of aromatic nitrogens is 1. The van der Waals surface area contributed by atoms with Crippen molar-refractivity contribution in [3.8, 4) is 5.75 Å². The van der Waals surface area contributed by atoms with Crippen LogP contribution in [0.5, 0.6) is 5.75 Å². The minimum Gasteiger partial charge on any atom is -0.497 e. The third-order valence-corrected chi connectivity index (χ3v) is 8.05. The number of Topliss-reactive ketones (excluding diaryl/α,β-unsaturated/α-hetero) is 1. The summed E-state index contributed by atoms with van der Waals surface area (Å²) >= 11 is 0. The van der Waals surface area contributed by atoms with E-state index in [0.717, 1.165) is 12.1 Å². The molecule has 240 valence electrons. The Hall–Kier alpha value is -5.13. The van der Waals surface area contributed by atoms with Gasteiger partial charge in [-0.3, -0.25) is 19.5 Å². The Kier molecular flexibility index (Phi) is 9.17. The third kappa shape index (κ3) is 5.94. The van der Waals surface area contributed by atoms with Gasteiger partial charge in [0.15, 0.2) is 5.78 Å². The number of hydrogen-bond acceptors (Lipinski definition) is 9. The smallest absolute Gasteiger partial charge is 0.416 e. The molecule has 9 nitrogen and oxygen atoms in total. The van der Waals surface area contributed by atoms with Gasteiger partial charge in [-0.05, 0) is 67.8 Å². The quantitative estimate of drug-likeness (QED) is 0.248. The second-order valence-electron chi connectivity index (χ2n) is 10.7. The Morgan fingerprint density at radius 1 is 1.00 bits per heavy atom. The molecule has 0 spiro atoms. The normalized spacial score (nSPS) is 19.9. The number of methoxy groups -OCH3 is 1. The number of rotatable bonds is 8. The lowest BCUT2D eigenvalue weighted by molar-refractivity contribution is -0.152. The number of anilines is 1. The van der Waals surface area contributed by atoms with E-state index < -0.39 is 47.2 Å². The molecule has 0 radical (unpaired) electrons. The summed E-state index contributed by atoms with van der Waals surface area (Å²) in [5.74, 6) is -5.35. The van der Waals surface area contributed by atoms with Gasteiger partial charge in [0, 0.05) is 35.3 Å². The fourth-order valence-corrected chi connectivity index (χ4v) is 6.12. The van der Waals surface area contributed by atoms with Crippen LogP contribution in [-0.2, 0) is 30.0 Å². The molecular formula is C34H32F3N3O6. The molecule has 2 heterocycles. The summed E-state index contributed by atoms with van der Waals surface area (Å²) in [6.07, 6.45) is -1.75. The average Bonchev–Trinajstić information content (AvgIpc) is 3.04. The number of ether oxygens (including phenoxy) is 3. The number of hydrogen-bond donors (Lipinski definition) is 1. The lowest BCUT2D eigenvalue weighted by atomic mass is 9.67. The molecule has 3 aromatic rings. The number of alkyl halides is 3. The molecule has 3 atom stereocenters. The first kappa shape index (κ1) is 32.3. The van der Waals surface area contributed by atoms with E-state index in [1.165, 1.54) is 36.5 Å². The monoisotopic (exact) mass is 635 g/mol. The second-order valence-corrected chi connectivity index (χ2v) is 10.7. The van der Waals surface area contributed by atoms with Crippen LogP contribution in [0.3, 0.4) is 0 Å². The minimum atomic E-state index is -4.69. The van der Waals surface area contributed by atoms with Gasteiger partial charge in [0.25, 0.3) is 0 Å². The van der Waals surface area contributed by atoms with E-state index in [2.05, 4.69) is 4.98 Å². The van der Waals surface area contributed by atoms with Gasteiger partial charge in [-0.25, -0.2) is 4.79 Å². The maximum absolute atomic E-state index is 14.8. The molecule has 0 saturated heterocycles. The van der Waals surface area contributed by atoms with E-state index in [1.54, 1.807) is 50.2 Å². The van der Waals surface area contributed by atoms with Gasteiger partial charge in [-0.15, -0.1) is 0 Å². The Morgan fingerprint density at radius 2 is 1.72 bits per heavy atom. The van der Waals surface area contributed by atoms with Crippen molar-refractivity contribution in [1.29, 1.82) is 0 Å². The van der Waals surface area contributed by atoms with Crippen molar-refractivity contribution >= 4 is 23.4 Å². The third-order valence-electron chi connectivity index (χ3n) is 8.05. The Morgan fingerprint density at radius 3 is 2.37 bits per heavy atom. The SMILES string of the molecule is CCOC(=O)C1=C(N)N(c2cccc(C(F)(F)F)c2)C2=C(C(=O)[C@@H](C(=O)OCC)[C@@H](c3cccc(OC)c3)C2)[C@@H]1c1cccnc1. The lowest BCUT2D eigenvalue weighted by Gasteiger charge is -2.44. The molecule has 1 aromatic heterocycles. The summed E-state index contributed by atoms with van der Waals surface area (Å²) in [6, 6.07) is 14.5. The van der Waals surface area contributed by atoms with E-state index in [0.29, 0.717) is 16.9 Å². The van der Waals surface area contributed by atoms with Crippen molar-refractivity contribution in [2.75, 3.05) is 25.2 Å². The molecule has 0 fully saturated rings. The van der Waals surface area contributed by atoms with E-state index >= 15 is 0 Å². The molecule has 46 heavy (non-hydrogen) atoms. The average molecular weight is 636 g/mol. The van der Waals surface area contributed by atoms with E-state index in [-0.39, 0.29) is 48.0 Å². The molecule has 1 aliphatic carbocycles. The number of carbonyl (C=O) groups excluding carboxylic acids is 3. The first-order valence-corrected chi connectivity index (χ1v) is 14.6. The molecule has 0 unspecified atom stereocenters. The maximum Gasteiger partial charge on any atom is 0.416 e. The number of nitrogens with zero attached hydrogens (tertiary/aromatic N) is 2. The maximum atomic E-state index is 14.8. The van der Waals surface area contributed by atoms with Crippen LogP contribution in [0.15, 0.2) is 95.7 Å². The van der Waals surface area contributed by atoms with Crippen LogP contribution < -0.4 is 15.4 Å². The molecule has 5 rings (SSSR count). The number of allylic oxidation sites excluding steroid dienone is 2. The number of nitrogens with two attached hydrogens (primary N) is 1. The Balaban J connectivity index is 1.84. The van der Waals surface area contributed by atoms with Crippen molar-refractivity contribution in [3.05, 3.63) is 112 Å². The molecule has 1 aliphatic heterocycles. The number of carbonyl (C=O) groups is 3. The van der Waals surface area contributed by atoms with Gasteiger partial charge in [0.05, 0.1) is 37.4 Å². The Bertz CT molecular complexity index is 1720. The molecule has 12 heteroatoms. The number of pyridine rings is 1. The second kappa shape index (κ2) is 13.1. The van der Waals surface area contributed by atoms with E-state index in [9.17, 15) is 27.6 Å². The molecular weight excluding hydrogens is 603 g/mol. The molecule has 0 bridgehead atoms. The summed E-state index contributed by atoms with van der Waals surface area (Å²) in [5, 5.41) is 0. The van der Waals surface area contributed by atoms with Crippen LogP contribution in [-0.4, -0.2) is 43.0 Å². The molecule has 2 N–H and O–H groups in total. The number of esters is 2. The zero-order valence-electron chi connectivity index (χ0n) is 25.3. The van der Waals surface area contributed by atoms with Crippen LogP contribution in [0.1, 0.15) is 48.8 Å². The van der Waals surface area contributed by atoms with E-state index in [4.69, 9.17) is 19.9 Å². The summed E-state index contributed by atoms with van der Waals surface area (Å²) in [4.78, 5) is 47.5. The standard InChI is InChI=1S/C34H32F3N3O6/c1-4-45-32(42)27-24(19-9-6-13-23(15-19)44-3)17-25-28(30(27)41)26(20-10-8-14-39-18-20)29(33(43)46-5-2)31(38)40(25)22-12-7-11-21(16-22)34(35,36)37/h6-16,18,24,26-27H,4-5,17,38H2,1-3H3/t24-,26+,27+/m1/s1. The van der Waals surface area contributed by atoms with Crippen molar-refractivity contribution in [2.24, 2.45) is 11.7 Å². The van der Waals surface area contributed by atoms with Gasteiger partial charge >= 0.3 is 18.1 Å². The van der Waals surface area contributed by atoms with Gasteiger partial charge in [-0.1, -0.05) is 24.3 Å². The van der Waals surface area contributed by atoms with Crippen LogP contribution >= 0.6 is 0 Å². The first-order chi connectivity index (χ1) is 22.0. The number of benzene rings is 2. The van der Waals surface area contributed by atoms with Gasteiger partial charge in [0.2, 0.25) is 0 Å². The fraction of sp³-hybridized carbons (Fsp3) is 0.294. The first-order valence-electron chi connectivity index (χ1n) is 14.6. The van der Waals surface area contributed by atoms with Crippen molar-refractivity contribution in [3.63, 3.8) is 0 Å². The van der Waals surface area contributed by atoms with Crippen LogP contribution in [0.2, 0.25) is 0 Å². The van der Waals surface area contributed by atoms with Gasteiger partial charge in [0.1, 0.15) is 17.5 Å².